The van der Waals surface area contributed by atoms with Gasteiger partial charge in [-0.2, -0.15) is 0 Å². The maximum absolute atomic E-state index is 2.37. The van der Waals surface area contributed by atoms with Crippen LogP contribution < -0.4 is 0 Å². The first kappa shape index (κ1) is 42.3. The van der Waals surface area contributed by atoms with Gasteiger partial charge in [0.1, 0.15) is 0 Å². The minimum Gasteiger partial charge on any atom is -0.0696 e. The second-order valence-corrected chi connectivity index (χ2v) is 15.8. The molecule has 0 aromatic carbocycles. The molecule has 0 aromatic rings. The highest BCUT2D eigenvalue weighted by molar-refractivity contribution is 5.39. The number of allylic oxidation sites excluding steroid dienone is 30. The van der Waals surface area contributed by atoms with E-state index >= 15 is 0 Å². The Balaban J connectivity index is 1.83. The summed E-state index contributed by atoms with van der Waals surface area (Å²) >= 11 is 0. The van der Waals surface area contributed by atoms with E-state index in [0.717, 1.165) is 0 Å². The van der Waals surface area contributed by atoms with Crippen LogP contribution in [0.5, 0.6) is 0 Å². The van der Waals surface area contributed by atoms with Crippen molar-refractivity contribution in [2.75, 3.05) is 0 Å². The van der Waals surface area contributed by atoms with Crippen LogP contribution in [0.1, 0.15) is 122 Å². The summed E-state index contributed by atoms with van der Waals surface area (Å²) in [6, 6.07) is 0. The molecular weight excluding hydrogens is 601 g/mol. The molecule has 0 fully saturated rings. The molecule has 0 aliphatic heterocycles. The molecule has 0 nitrogen and oxygen atoms in total. The summed E-state index contributed by atoms with van der Waals surface area (Å²) in [5.74, 6) is 0. The molecule has 0 heterocycles. The van der Waals surface area contributed by atoms with Gasteiger partial charge in [0.05, 0.1) is 0 Å². The van der Waals surface area contributed by atoms with Gasteiger partial charge < -0.3 is 0 Å². The lowest BCUT2D eigenvalue weighted by Gasteiger charge is -2.33. The van der Waals surface area contributed by atoms with Gasteiger partial charge in [0.2, 0.25) is 0 Å². The molecule has 0 aromatic heterocycles. The van der Waals surface area contributed by atoms with Crippen molar-refractivity contribution in [2.24, 2.45) is 10.8 Å². The van der Waals surface area contributed by atoms with Gasteiger partial charge in [0.25, 0.3) is 0 Å². The summed E-state index contributed by atoms with van der Waals surface area (Å²) in [7, 11) is 0. The Morgan fingerprint density at radius 1 is 0.400 bits per heavy atom. The summed E-state index contributed by atoms with van der Waals surface area (Å²) in [6.45, 7) is 27.0. The van der Waals surface area contributed by atoms with Crippen LogP contribution >= 0.6 is 0 Å². The Hall–Kier alpha value is -3.90. The van der Waals surface area contributed by atoms with E-state index in [1.54, 1.807) is 11.1 Å². The van der Waals surface area contributed by atoms with Crippen LogP contribution in [0.25, 0.3) is 0 Å². The SMILES string of the molecule is CC(C=CC=C(C)C=CC=C(C)C=CC1=C(C)CCCC1(C)C)=CC=CC=C(C)C=CC=C(C)C=CC=C(C)C=CC1=C(C)CCCC1(C)C. The van der Waals surface area contributed by atoms with E-state index in [-0.39, 0.29) is 10.8 Å². The maximum Gasteiger partial charge on any atom is -0.0104 e. The summed E-state index contributed by atoms with van der Waals surface area (Å²) in [5.41, 5.74) is 14.1. The first-order valence-corrected chi connectivity index (χ1v) is 18.8. The monoisotopic (exact) mass is 669 g/mol. The fourth-order valence-electron chi connectivity index (χ4n) is 6.60. The van der Waals surface area contributed by atoms with Crippen molar-refractivity contribution < 1.29 is 0 Å². The molecule has 0 atom stereocenters. The van der Waals surface area contributed by atoms with E-state index in [1.807, 2.05) is 0 Å². The van der Waals surface area contributed by atoms with Gasteiger partial charge >= 0.3 is 0 Å². The van der Waals surface area contributed by atoms with Gasteiger partial charge in [-0.3, -0.25) is 0 Å². The van der Waals surface area contributed by atoms with Crippen LogP contribution in [-0.2, 0) is 0 Å². The van der Waals surface area contributed by atoms with Gasteiger partial charge in [-0.1, -0.05) is 194 Å². The van der Waals surface area contributed by atoms with Crippen LogP contribution in [0.4, 0.5) is 0 Å². The molecule has 268 valence electrons. The molecule has 2 aliphatic carbocycles. The zero-order valence-corrected chi connectivity index (χ0v) is 33.8. The van der Waals surface area contributed by atoms with Gasteiger partial charge in [0, 0.05) is 0 Å². The van der Waals surface area contributed by atoms with Crippen molar-refractivity contribution in [3.05, 3.63) is 177 Å². The highest BCUT2D eigenvalue weighted by Gasteiger charge is 2.27. The van der Waals surface area contributed by atoms with E-state index < -0.39 is 0 Å². The van der Waals surface area contributed by atoms with E-state index in [1.165, 1.54) is 83.1 Å². The lowest BCUT2D eigenvalue weighted by Crippen LogP contribution is -2.19. The molecule has 0 amide bonds. The average molecular weight is 669 g/mol. The number of hydrogen-bond acceptors (Lipinski definition) is 0. The smallest absolute Gasteiger partial charge is 0.0104 e. The van der Waals surface area contributed by atoms with Gasteiger partial charge in [-0.15, -0.1) is 0 Å². The van der Waals surface area contributed by atoms with Gasteiger partial charge in [-0.25, -0.2) is 0 Å². The predicted octanol–water partition coefficient (Wildman–Crippen LogP) is 15.6. The van der Waals surface area contributed by atoms with Crippen LogP contribution in [0.2, 0.25) is 0 Å². The third-order valence-corrected chi connectivity index (χ3v) is 9.81. The lowest BCUT2D eigenvalue weighted by molar-refractivity contribution is 0.376. The molecule has 50 heavy (non-hydrogen) atoms. The Kier molecular flexibility index (Phi) is 18.0. The van der Waals surface area contributed by atoms with Crippen molar-refractivity contribution in [3.8, 4) is 0 Å². The topological polar surface area (TPSA) is 0 Å². The van der Waals surface area contributed by atoms with E-state index in [2.05, 4.69) is 205 Å². The Morgan fingerprint density at radius 3 is 0.940 bits per heavy atom. The summed E-state index contributed by atoms with van der Waals surface area (Å²) < 4.78 is 0. The maximum atomic E-state index is 2.37. The molecule has 2 rings (SSSR count). The van der Waals surface area contributed by atoms with Crippen LogP contribution in [0.3, 0.4) is 0 Å². The molecule has 0 unspecified atom stereocenters. The molecule has 0 saturated carbocycles. The first-order valence-electron chi connectivity index (χ1n) is 18.8. The first-order chi connectivity index (χ1) is 23.6. The van der Waals surface area contributed by atoms with Crippen LogP contribution in [-0.4, -0.2) is 0 Å². The van der Waals surface area contributed by atoms with Crippen LogP contribution in [0.15, 0.2) is 177 Å². The quantitative estimate of drug-likeness (QED) is 0.162. The average Bonchev–Trinajstić information content (AvgIpc) is 3.02. The fraction of sp³-hybridized carbons (Fsp3) is 0.400. The van der Waals surface area contributed by atoms with Gasteiger partial charge in [-0.05, 0) is 116 Å². The largest absolute Gasteiger partial charge is 0.0696 e. The molecule has 0 radical (unpaired) electrons. The highest BCUT2D eigenvalue weighted by Crippen LogP contribution is 2.41. The molecule has 0 saturated heterocycles. The third kappa shape index (κ3) is 16.2. The second kappa shape index (κ2) is 21.3. The molecule has 2 aliphatic rings. The van der Waals surface area contributed by atoms with E-state index in [0.29, 0.717) is 0 Å². The molecule has 0 spiro atoms. The summed E-state index contributed by atoms with van der Waals surface area (Å²) in [4.78, 5) is 0. The normalized spacial score (nSPS) is 21.0. The lowest BCUT2D eigenvalue weighted by atomic mass is 9.72. The van der Waals surface area contributed by atoms with Crippen molar-refractivity contribution in [1.29, 1.82) is 0 Å². The van der Waals surface area contributed by atoms with Crippen molar-refractivity contribution in [3.63, 3.8) is 0 Å². The Labute approximate surface area is 308 Å². The Bertz CT molecular complexity index is 1500. The van der Waals surface area contributed by atoms with Crippen molar-refractivity contribution in [1.82, 2.24) is 0 Å². The fourth-order valence-corrected chi connectivity index (χ4v) is 6.60. The number of rotatable bonds is 14. The summed E-state index contributed by atoms with van der Waals surface area (Å²) in [6.07, 6.45) is 51.1. The van der Waals surface area contributed by atoms with E-state index in [4.69, 9.17) is 0 Å². The highest BCUT2D eigenvalue weighted by atomic mass is 14.3. The predicted molar refractivity (Wildman–Crippen MR) is 227 cm³/mol. The minimum absolute atomic E-state index is 0.283. The molecule has 0 N–H and O–H groups in total. The zero-order valence-electron chi connectivity index (χ0n) is 33.8. The Morgan fingerprint density at radius 2 is 0.660 bits per heavy atom. The van der Waals surface area contributed by atoms with Crippen molar-refractivity contribution in [2.45, 2.75) is 122 Å². The van der Waals surface area contributed by atoms with Gasteiger partial charge in [0.15, 0.2) is 0 Å². The molecule has 0 heteroatoms. The van der Waals surface area contributed by atoms with Crippen LogP contribution in [0, 0.1) is 10.8 Å². The number of hydrogen-bond donors (Lipinski definition) is 0. The molecular formula is C50H68. The second-order valence-electron chi connectivity index (χ2n) is 15.8. The standard InChI is InChI=1S/C50H68/c1-39(23-15-25-41(3)27-17-29-43(5)33-35-47-45(7)31-19-37-49(47,9)10)21-13-14-22-40(2)24-16-26-42(4)28-18-30-44(6)34-36-48-46(8)32-20-38-50(48,11)12/h13-18,21-30,33-36H,19-20,31-32,37-38H2,1-12H3. The van der Waals surface area contributed by atoms with Crippen molar-refractivity contribution >= 4 is 0 Å². The summed E-state index contributed by atoms with van der Waals surface area (Å²) in [5, 5.41) is 0. The third-order valence-electron chi connectivity index (χ3n) is 9.81. The molecule has 0 bridgehead atoms. The minimum atomic E-state index is 0.283. The van der Waals surface area contributed by atoms with E-state index in [9.17, 15) is 0 Å². The zero-order chi connectivity index (χ0) is 37.2.